The Kier molecular flexibility index (Phi) is 3.91. The largest absolute Gasteiger partial charge is 0.313 e. The van der Waals surface area contributed by atoms with Crippen LogP contribution in [0.5, 0.6) is 0 Å². The molecule has 1 nitrogen and oxygen atoms in total. The van der Waals surface area contributed by atoms with Gasteiger partial charge in [0.15, 0.2) is 0 Å². The van der Waals surface area contributed by atoms with Gasteiger partial charge in [0.05, 0.1) is 0 Å². The Labute approximate surface area is 80.7 Å². The van der Waals surface area contributed by atoms with Gasteiger partial charge in [0.25, 0.3) is 0 Å². The zero-order chi connectivity index (χ0) is 9.03. The van der Waals surface area contributed by atoms with Crippen molar-refractivity contribution in [3.05, 3.63) is 0 Å². The predicted molar refractivity (Wildman–Crippen MR) is 57.9 cm³/mol. The van der Waals surface area contributed by atoms with Gasteiger partial charge in [-0.1, -0.05) is 27.2 Å². The van der Waals surface area contributed by atoms with Crippen LogP contribution in [0.1, 0.15) is 40.0 Å². The Morgan fingerprint density at radius 1 is 1.33 bits per heavy atom. The molecule has 0 bridgehead atoms. The average molecular weight is 187 g/mol. The van der Waals surface area contributed by atoms with Crippen molar-refractivity contribution in [2.24, 2.45) is 0 Å². The molecule has 1 rings (SSSR count). The fourth-order valence-electron chi connectivity index (χ4n) is 1.42. The molecule has 0 saturated carbocycles. The van der Waals surface area contributed by atoms with E-state index < -0.39 is 0 Å². The molecule has 1 atom stereocenters. The lowest BCUT2D eigenvalue weighted by Crippen LogP contribution is -2.36. The summed E-state index contributed by atoms with van der Waals surface area (Å²) in [5, 5.41) is 3.57. The van der Waals surface area contributed by atoms with Crippen LogP contribution >= 0.6 is 11.8 Å². The molecule has 12 heavy (non-hydrogen) atoms. The minimum atomic E-state index is 0.430. The molecule has 0 amide bonds. The SMILES string of the molecule is CC(C)(C)SC[C@@H]1CCCCN1. The van der Waals surface area contributed by atoms with E-state index in [1.165, 1.54) is 31.6 Å². The Hall–Kier alpha value is 0.310. The van der Waals surface area contributed by atoms with Gasteiger partial charge in [0, 0.05) is 16.5 Å². The molecule has 1 aliphatic heterocycles. The van der Waals surface area contributed by atoms with Gasteiger partial charge >= 0.3 is 0 Å². The zero-order valence-corrected chi connectivity index (χ0v) is 9.34. The molecule has 1 saturated heterocycles. The third kappa shape index (κ3) is 4.36. The van der Waals surface area contributed by atoms with Gasteiger partial charge in [0.1, 0.15) is 0 Å². The van der Waals surface area contributed by atoms with E-state index in [1.807, 2.05) is 0 Å². The Bertz CT molecular complexity index is 122. The molecular formula is C10H21NS. The van der Waals surface area contributed by atoms with Crippen molar-refractivity contribution in [2.45, 2.75) is 50.8 Å². The summed E-state index contributed by atoms with van der Waals surface area (Å²) in [6.45, 7) is 8.11. The molecule has 1 N–H and O–H groups in total. The normalized spacial score (nSPS) is 25.8. The van der Waals surface area contributed by atoms with Crippen molar-refractivity contribution in [2.75, 3.05) is 12.3 Å². The fraction of sp³-hybridized carbons (Fsp3) is 1.00. The van der Waals surface area contributed by atoms with Crippen LogP contribution in [0.3, 0.4) is 0 Å². The Balaban J connectivity index is 2.13. The molecule has 0 aromatic heterocycles. The van der Waals surface area contributed by atoms with Gasteiger partial charge in [-0.25, -0.2) is 0 Å². The number of hydrogen-bond acceptors (Lipinski definition) is 2. The highest BCUT2D eigenvalue weighted by atomic mass is 32.2. The molecule has 1 fully saturated rings. The highest BCUT2D eigenvalue weighted by molar-refractivity contribution is 8.00. The standard InChI is InChI=1S/C10H21NS/c1-10(2,3)12-8-9-6-4-5-7-11-9/h9,11H,4-8H2,1-3H3/t9-/m0/s1. The number of nitrogens with one attached hydrogen (secondary N) is 1. The molecule has 0 spiro atoms. The smallest absolute Gasteiger partial charge is 0.0158 e. The molecule has 1 aliphatic rings. The first-order valence-corrected chi connectivity index (χ1v) is 5.94. The van der Waals surface area contributed by atoms with Crippen LogP contribution in [-0.2, 0) is 0 Å². The number of hydrogen-bond donors (Lipinski definition) is 1. The lowest BCUT2D eigenvalue weighted by atomic mass is 10.1. The van der Waals surface area contributed by atoms with Crippen molar-refractivity contribution < 1.29 is 0 Å². The minimum absolute atomic E-state index is 0.430. The third-order valence-corrected chi connectivity index (χ3v) is 3.56. The maximum absolute atomic E-state index is 3.57. The number of rotatable bonds is 2. The molecule has 2 heteroatoms. The third-order valence-electron chi connectivity index (χ3n) is 2.13. The summed E-state index contributed by atoms with van der Waals surface area (Å²) in [5.74, 6) is 1.28. The fourth-order valence-corrected chi connectivity index (χ4v) is 2.40. The first-order chi connectivity index (χ1) is 5.58. The van der Waals surface area contributed by atoms with E-state index in [2.05, 4.69) is 37.8 Å². The number of piperidine rings is 1. The average Bonchev–Trinajstić information content (AvgIpc) is 2.02. The summed E-state index contributed by atoms with van der Waals surface area (Å²) in [7, 11) is 0. The zero-order valence-electron chi connectivity index (χ0n) is 8.52. The van der Waals surface area contributed by atoms with E-state index in [4.69, 9.17) is 0 Å². The summed E-state index contributed by atoms with van der Waals surface area (Å²) >= 11 is 2.08. The predicted octanol–water partition coefficient (Wildman–Crippen LogP) is 2.66. The maximum atomic E-state index is 3.57. The first-order valence-electron chi connectivity index (χ1n) is 4.95. The summed E-state index contributed by atoms with van der Waals surface area (Å²) < 4.78 is 0.430. The molecule has 0 aliphatic carbocycles. The van der Waals surface area contributed by atoms with Crippen molar-refractivity contribution in [1.29, 1.82) is 0 Å². The van der Waals surface area contributed by atoms with Crippen LogP contribution in [0.15, 0.2) is 0 Å². The Morgan fingerprint density at radius 2 is 2.08 bits per heavy atom. The number of thioether (sulfide) groups is 1. The quantitative estimate of drug-likeness (QED) is 0.713. The van der Waals surface area contributed by atoms with Crippen LogP contribution < -0.4 is 5.32 Å². The van der Waals surface area contributed by atoms with Gasteiger partial charge < -0.3 is 5.32 Å². The lowest BCUT2D eigenvalue weighted by Gasteiger charge is -2.26. The van der Waals surface area contributed by atoms with Gasteiger partial charge in [-0.3, -0.25) is 0 Å². The summed E-state index contributed by atoms with van der Waals surface area (Å²) in [4.78, 5) is 0. The van der Waals surface area contributed by atoms with Crippen molar-refractivity contribution in [1.82, 2.24) is 5.32 Å². The molecule has 72 valence electrons. The van der Waals surface area contributed by atoms with Crippen LogP contribution in [0.2, 0.25) is 0 Å². The van der Waals surface area contributed by atoms with Gasteiger partial charge in [-0.15, -0.1) is 0 Å². The van der Waals surface area contributed by atoms with E-state index in [0.717, 1.165) is 6.04 Å². The van der Waals surface area contributed by atoms with Crippen LogP contribution in [0.4, 0.5) is 0 Å². The van der Waals surface area contributed by atoms with Crippen LogP contribution in [0, 0.1) is 0 Å². The van der Waals surface area contributed by atoms with Gasteiger partial charge in [0.2, 0.25) is 0 Å². The van der Waals surface area contributed by atoms with E-state index >= 15 is 0 Å². The van der Waals surface area contributed by atoms with E-state index in [0.29, 0.717) is 4.75 Å². The first kappa shape index (κ1) is 10.4. The minimum Gasteiger partial charge on any atom is -0.313 e. The molecule has 0 radical (unpaired) electrons. The summed E-state index contributed by atoms with van der Waals surface area (Å²) in [6.07, 6.45) is 4.17. The van der Waals surface area contributed by atoms with Crippen LogP contribution in [0.25, 0.3) is 0 Å². The lowest BCUT2D eigenvalue weighted by molar-refractivity contribution is 0.429. The van der Waals surface area contributed by atoms with E-state index in [1.54, 1.807) is 0 Å². The molecular weight excluding hydrogens is 166 g/mol. The van der Waals surface area contributed by atoms with Gasteiger partial charge in [-0.05, 0) is 19.4 Å². The monoisotopic (exact) mass is 187 g/mol. The summed E-state index contributed by atoms with van der Waals surface area (Å²) in [5.41, 5.74) is 0. The molecule has 1 heterocycles. The molecule has 0 aromatic rings. The molecule has 0 aromatic carbocycles. The topological polar surface area (TPSA) is 12.0 Å². The second kappa shape index (κ2) is 4.52. The summed E-state index contributed by atoms with van der Waals surface area (Å²) in [6, 6.07) is 0.781. The van der Waals surface area contributed by atoms with Crippen molar-refractivity contribution in [3.63, 3.8) is 0 Å². The maximum Gasteiger partial charge on any atom is 0.0158 e. The second-order valence-corrected chi connectivity index (χ2v) is 6.42. The molecule has 0 unspecified atom stereocenters. The van der Waals surface area contributed by atoms with Crippen molar-refractivity contribution in [3.8, 4) is 0 Å². The van der Waals surface area contributed by atoms with E-state index in [9.17, 15) is 0 Å². The second-order valence-electron chi connectivity index (χ2n) is 4.57. The Morgan fingerprint density at radius 3 is 2.58 bits per heavy atom. The highest BCUT2D eigenvalue weighted by Gasteiger charge is 2.16. The van der Waals surface area contributed by atoms with E-state index in [-0.39, 0.29) is 0 Å². The van der Waals surface area contributed by atoms with Crippen LogP contribution in [-0.4, -0.2) is 23.1 Å². The van der Waals surface area contributed by atoms with Gasteiger partial charge in [-0.2, -0.15) is 11.8 Å². The highest BCUT2D eigenvalue weighted by Crippen LogP contribution is 2.25. The van der Waals surface area contributed by atoms with Crippen molar-refractivity contribution >= 4 is 11.8 Å².